The molecule has 0 spiro atoms. The molecular formula is C26H23BrN2O7. The van der Waals surface area contributed by atoms with E-state index in [1.54, 1.807) is 66.7 Å². The number of phenolic OH excluding ortho intramolecular Hbond substituents is 1. The summed E-state index contributed by atoms with van der Waals surface area (Å²) in [5.41, 5.74) is 2.54. The summed E-state index contributed by atoms with van der Waals surface area (Å²) >= 11 is 3.34. The molecule has 2 amide bonds. The minimum Gasteiger partial charge on any atom is -0.508 e. The number of para-hydroxylation sites is 1. The Morgan fingerprint density at radius 1 is 1.00 bits per heavy atom. The number of benzene rings is 3. The number of halogens is 1. The van der Waals surface area contributed by atoms with Crippen molar-refractivity contribution in [2.45, 2.75) is 19.1 Å². The lowest BCUT2D eigenvalue weighted by Gasteiger charge is -2.27. The van der Waals surface area contributed by atoms with Crippen LogP contribution in [0.25, 0.3) is 0 Å². The first-order valence-corrected chi connectivity index (χ1v) is 11.5. The molecule has 0 heterocycles. The van der Waals surface area contributed by atoms with Crippen LogP contribution in [0.15, 0.2) is 89.4 Å². The van der Waals surface area contributed by atoms with Gasteiger partial charge in [0.2, 0.25) is 0 Å². The summed E-state index contributed by atoms with van der Waals surface area (Å²) in [6.07, 6.45) is -0.912. The van der Waals surface area contributed by atoms with E-state index in [1.165, 1.54) is 24.5 Å². The number of phenols is 1. The van der Waals surface area contributed by atoms with Crippen LogP contribution in [0.3, 0.4) is 0 Å². The van der Waals surface area contributed by atoms with Crippen LogP contribution in [0.1, 0.15) is 28.9 Å². The van der Waals surface area contributed by atoms with Gasteiger partial charge < -0.3 is 14.6 Å². The Balaban J connectivity index is 1.95. The average molecular weight is 555 g/mol. The van der Waals surface area contributed by atoms with Crippen LogP contribution in [-0.2, 0) is 9.53 Å². The number of nitrogens with one attached hydrogen (secondary N) is 2. The number of rotatable bonds is 9. The van der Waals surface area contributed by atoms with Gasteiger partial charge in [-0.2, -0.15) is 0 Å². The van der Waals surface area contributed by atoms with Crippen molar-refractivity contribution in [1.29, 1.82) is 0 Å². The zero-order valence-electron chi connectivity index (χ0n) is 19.1. The summed E-state index contributed by atoms with van der Waals surface area (Å²) in [4.78, 5) is 36.0. The van der Waals surface area contributed by atoms with Crippen molar-refractivity contribution in [3.05, 3.63) is 101 Å². The van der Waals surface area contributed by atoms with Crippen LogP contribution in [0, 0.1) is 0 Å². The quantitative estimate of drug-likeness (QED) is 0.124. The second-order valence-corrected chi connectivity index (χ2v) is 8.43. The molecule has 0 fully saturated rings. The number of hydrogen-bond donors (Lipinski definition) is 4. The molecule has 36 heavy (non-hydrogen) atoms. The van der Waals surface area contributed by atoms with Gasteiger partial charge in [-0.15, -0.1) is 0 Å². The first-order valence-electron chi connectivity index (χ1n) is 10.7. The fraction of sp³-hybridized carbons (Fsp3) is 0.115. The van der Waals surface area contributed by atoms with Crippen molar-refractivity contribution in [1.82, 2.24) is 5.48 Å². The van der Waals surface area contributed by atoms with Gasteiger partial charge in [0.15, 0.2) is 18.0 Å². The SMILES string of the molecule is CC(=O)c1ccc(NC(=O)O[C@H](c2cc(Br)ccc2O)[C@@H](/C=C/C(=O)NO)Oc2ccccc2)cc1. The third-order valence-electron chi connectivity index (χ3n) is 4.93. The molecule has 0 unspecified atom stereocenters. The van der Waals surface area contributed by atoms with E-state index >= 15 is 0 Å². The number of carbonyl (C=O) groups excluding carboxylic acids is 3. The lowest BCUT2D eigenvalue weighted by molar-refractivity contribution is -0.124. The molecule has 4 N–H and O–H groups in total. The molecule has 0 aromatic heterocycles. The van der Waals surface area contributed by atoms with Crippen LogP contribution in [-0.4, -0.2) is 34.2 Å². The largest absolute Gasteiger partial charge is 0.508 e. The highest BCUT2D eigenvalue weighted by Gasteiger charge is 2.30. The second kappa shape index (κ2) is 12.5. The van der Waals surface area contributed by atoms with E-state index in [0.717, 1.165) is 6.08 Å². The van der Waals surface area contributed by atoms with Crippen LogP contribution in [0.2, 0.25) is 0 Å². The van der Waals surface area contributed by atoms with Crippen molar-refractivity contribution in [2.24, 2.45) is 0 Å². The van der Waals surface area contributed by atoms with Gasteiger partial charge in [-0.3, -0.25) is 20.1 Å². The van der Waals surface area contributed by atoms with E-state index in [9.17, 15) is 19.5 Å². The molecule has 186 valence electrons. The highest BCUT2D eigenvalue weighted by atomic mass is 79.9. The molecule has 10 heteroatoms. The van der Waals surface area contributed by atoms with E-state index in [-0.39, 0.29) is 17.1 Å². The summed E-state index contributed by atoms with van der Waals surface area (Å²) in [6.45, 7) is 1.43. The standard InChI is InChI=1S/C26H23BrN2O7/c1-16(30)17-7-10-19(11-8-17)28-26(33)36-25(21-15-18(27)9-12-22(21)31)23(13-14-24(32)29-34)35-20-5-3-2-4-6-20/h2-15,23,25,31,34H,1H3,(H,28,33)(H,29,32)/b14-13+/t23-,25-/m1/s1. The molecule has 0 aliphatic carbocycles. The minimum absolute atomic E-state index is 0.117. The Hall–Kier alpha value is -4.15. The first kappa shape index (κ1) is 26.5. The maximum Gasteiger partial charge on any atom is 0.412 e. The third kappa shape index (κ3) is 7.42. The van der Waals surface area contributed by atoms with E-state index in [2.05, 4.69) is 21.2 Å². The fourth-order valence-electron chi connectivity index (χ4n) is 3.19. The minimum atomic E-state index is -1.23. The molecule has 2 atom stereocenters. The third-order valence-corrected chi connectivity index (χ3v) is 5.42. The topological polar surface area (TPSA) is 134 Å². The van der Waals surface area contributed by atoms with Crippen molar-refractivity contribution in [3.8, 4) is 11.5 Å². The predicted molar refractivity (Wildman–Crippen MR) is 135 cm³/mol. The zero-order chi connectivity index (χ0) is 26.1. The van der Waals surface area contributed by atoms with Gasteiger partial charge in [-0.1, -0.05) is 34.1 Å². The van der Waals surface area contributed by atoms with Crippen molar-refractivity contribution < 1.29 is 34.2 Å². The van der Waals surface area contributed by atoms with Crippen LogP contribution in [0.5, 0.6) is 11.5 Å². The number of Topliss-reactive ketones (excluding diaryl/α,β-unsaturated/α-hetero) is 1. The lowest BCUT2D eigenvalue weighted by atomic mass is 10.0. The molecule has 0 bridgehead atoms. The molecule has 9 nitrogen and oxygen atoms in total. The molecular weight excluding hydrogens is 532 g/mol. The normalized spacial score (nSPS) is 12.4. The highest BCUT2D eigenvalue weighted by Crippen LogP contribution is 2.34. The maximum atomic E-state index is 12.9. The molecule has 0 saturated heterocycles. The molecule has 0 saturated carbocycles. The maximum absolute atomic E-state index is 12.9. The fourth-order valence-corrected chi connectivity index (χ4v) is 3.57. The molecule has 0 aliphatic rings. The van der Waals surface area contributed by atoms with Gasteiger partial charge in [0.25, 0.3) is 5.91 Å². The van der Waals surface area contributed by atoms with Crippen LogP contribution < -0.4 is 15.5 Å². The van der Waals surface area contributed by atoms with Crippen molar-refractivity contribution in [2.75, 3.05) is 5.32 Å². The van der Waals surface area contributed by atoms with Crippen LogP contribution >= 0.6 is 15.9 Å². The number of ketones is 1. The number of ether oxygens (including phenoxy) is 2. The second-order valence-electron chi connectivity index (χ2n) is 7.52. The summed E-state index contributed by atoms with van der Waals surface area (Å²) in [5, 5.41) is 22.0. The van der Waals surface area contributed by atoms with E-state index < -0.39 is 24.2 Å². The first-order chi connectivity index (χ1) is 17.3. The Bertz CT molecular complexity index is 1250. The molecule has 0 aliphatic heterocycles. The number of aromatic hydroxyl groups is 1. The van der Waals surface area contributed by atoms with Gasteiger partial charge in [-0.05, 0) is 67.6 Å². The van der Waals surface area contributed by atoms with Gasteiger partial charge in [0.05, 0.1) is 0 Å². The van der Waals surface area contributed by atoms with Gasteiger partial charge >= 0.3 is 6.09 Å². The van der Waals surface area contributed by atoms with Crippen molar-refractivity contribution >= 4 is 39.4 Å². The van der Waals surface area contributed by atoms with E-state index in [0.29, 0.717) is 21.5 Å². The zero-order valence-corrected chi connectivity index (χ0v) is 20.6. The monoisotopic (exact) mass is 554 g/mol. The molecule has 3 rings (SSSR count). The number of carbonyl (C=O) groups is 3. The predicted octanol–water partition coefficient (Wildman–Crippen LogP) is 5.16. The Morgan fingerprint density at radius 2 is 1.69 bits per heavy atom. The molecule has 3 aromatic rings. The number of amides is 2. The lowest BCUT2D eigenvalue weighted by Crippen LogP contribution is -2.30. The Labute approximate surface area is 215 Å². The highest BCUT2D eigenvalue weighted by molar-refractivity contribution is 9.10. The summed E-state index contributed by atoms with van der Waals surface area (Å²) in [5.74, 6) is -0.721. The van der Waals surface area contributed by atoms with E-state index in [4.69, 9.17) is 14.7 Å². The van der Waals surface area contributed by atoms with E-state index in [1.807, 2.05) is 0 Å². The Morgan fingerprint density at radius 3 is 2.33 bits per heavy atom. The molecule has 3 aromatic carbocycles. The number of hydrogen-bond acceptors (Lipinski definition) is 7. The average Bonchev–Trinajstić information content (AvgIpc) is 2.87. The summed E-state index contributed by atoms with van der Waals surface area (Å²) < 4.78 is 12.3. The van der Waals surface area contributed by atoms with Gasteiger partial charge in [-0.25, -0.2) is 10.3 Å². The molecule has 0 radical (unpaired) electrons. The van der Waals surface area contributed by atoms with Crippen molar-refractivity contribution in [3.63, 3.8) is 0 Å². The number of anilines is 1. The van der Waals surface area contributed by atoms with Gasteiger partial charge in [0.1, 0.15) is 11.5 Å². The summed E-state index contributed by atoms with van der Waals surface area (Å²) in [6, 6.07) is 19.4. The smallest absolute Gasteiger partial charge is 0.412 e. The van der Waals surface area contributed by atoms with Crippen LogP contribution in [0.4, 0.5) is 10.5 Å². The number of hydroxylamine groups is 1. The van der Waals surface area contributed by atoms with Gasteiger partial charge in [0, 0.05) is 27.4 Å². The summed E-state index contributed by atoms with van der Waals surface area (Å²) in [7, 11) is 0. The Kier molecular flexibility index (Phi) is 9.20.